The van der Waals surface area contributed by atoms with Crippen molar-refractivity contribution in [2.75, 3.05) is 26.7 Å². The number of hydrogen-bond donors (Lipinski definition) is 1. The second-order valence-electron chi connectivity index (χ2n) is 5.98. The summed E-state index contributed by atoms with van der Waals surface area (Å²) in [5.41, 5.74) is -0.534. The van der Waals surface area contributed by atoms with Crippen LogP contribution in [0.4, 0.5) is 4.79 Å². The number of rotatable bonds is 4. The second kappa shape index (κ2) is 9.10. The molecular formula is C14H27ClN2O4. The molecule has 0 aliphatic carbocycles. The van der Waals surface area contributed by atoms with E-state index in [0.29, 0.717) is 6.54 Å². The predicted octanol–water partition coefficient (Wildman–Crippen LogP) is 1.96. The number of esters is 1. The lowest BCUT2D eigenvalue weighted by Gasteiger charge is -2.35. The van der Waals surface area contributed by atoms with Crippen molar-refractivity contribution >= 4 is 24.5 Å². The summed E-state index contributed by atoms with van der Waals surface area (Å²) in [6.45, 7) is 7.61. The molecule has 0 saturated carbocycles. The Balaban J connectivity index is 0.00000400. The maximum Gasteiger partial charge on any atom is 0.410 e. The summed E-state index contributed by atoms with van der Waals surface area (Å²) >= 11 is 0. The summed E-state index contributed by atoms with van der Waals surface area (Å²) in [5, 5.41) is 3.26. The molecule has 0 spiro atoms. The Morgan fingerprint density at radius 1 is 1.24 bits per heavy atom. The number of piperidine rings is 1. The lowest BCUT2D eigenvalue weighted by molar-refractivity contribution is -0.141. The molecule has 0 aromatic heterocycles. The van der Waals surface area contributed by atoms with Gasteiger partial charge in [0.2, 0.25) is 0 Å². The van der Waals surface area contributed by atoms with Crippen LogP contribution in [0.1, 0.15) is 40.0 Å². The van der Waals surface area contributed by atoms with Gasteiger partial charge in [0, 0.05) is 12.6 Å². The lowest BCUT2D eigenvalue weighted by Crippen LogP contribution is -2.48. The summed E-state index contributed by atoms with van der Waals surface area (Å²) in [7, 11) is 1.35. The highest BCUT2D eigenvalue weighted by atomic mass is 35.5. The summed E-state index contributed by atoms with van der Waals surface area (Å²) in [6.07, 6.45) is 1.59. The van der Waals surface area contributed by atoms with Gasteiger partial charge >= 0.3 is 12.1 Å². The van der Waals surface area contributed by atoms with Crippen molar-refractivity contribution in [2.24, 2.45) is 0 Å². The Morgan fingerprint density at radius 3 is 2.29 bits per heavy atom. The molecule has 1 amide bonds. The maximum atomic E-state index is 12.3. The second-order valence-corrected chi connectivity index (χ2v) is 5.98. The largest absolute Gasteiger partial charge is 0.469 e. The average molecular weight is 323 g/mol. The van der Waals surface area contributed by atoms with Crippen molar-refractivity contribution in [1.29, 1.82) is 0 Å². The molecule has 124 valence electrons. The van der Waals surface area contributed by atoms with Crippen molar-refractivity contribution in [1.82, 2.24) is 10.2 Å². The fraction of sp³-hybridized carbons (Fsp3) is 0.857. The van der Waals surface area contributed by atoms with E-state index in [1.807, 2.05) is 20.8 Å². The van der Waals surface area contributed by atoms with Gasteiger partial charge in [-0.3, -0.25) is 4.79 Å². The van der Waals surface area contributed by atoms with Crippen LogP contribution in [0.3, 0.4) is 0 Å². The van der Waals surface area contributed by atoms with Gasteiger partial charge in [0.05, 0.1) is 13.5 Å². The van der Waals surface area contributed by atoms with E-state index in [0.717, 1.165) is 25.9 Å². The molecule has 7 heteroatoms. The van der Waals surface area contributed by atoms with Crippen molar-refractivity contribution < 1.29 is 19.1 Å². The molecule has 1 fully saturated rings. The number of methoxy groups -OCH3 is 1. The molecule has 1 aliphatic rings. The first-order valence-corrected chi connectivity index (χ1v) is 7.10. The van der Waals surface area contributed by atoms with Crippen LogP contribution in [0.5, 0.6) is 0 Å². The fourth-order valence-electron chi connectivity index (χ4n) is 2.18. The zero-order chi connectivity index (χ0) is 15.2. The third kappa shape index (κ3) is 7.52. The summed E-state index contributed by atoms with van der Waals surface area (Å²) in [4.78, 5) is 25.3. The first-order valence-electron chi connectivity index (χ1n) is 7.10. The number of amides is 1. The number of ether oxygens (including phenoxy) is 2. The average Bonchev–Trinajstić information content (AvgIpc) is 2.37. The Morgan fingerprint density at radius 2 is 1.81 bits per heavy atom. The topological polar surface area (TPSA) is 67.9 Å². The van der Waals surface area contributed by atoms with Crippen molar-refractivity contribution in [3.63, 3.8) is 0 Å². The van der Waals surface area contributed by atoms with E-state index >= 15 is 0 Å². The van der Waals surface area contributed by atoms with Crippen molar-refractivity contribution in [3.05, 3.63) is 0 Å². The number of halogens is 1. The monoisotopic (exact) mass is 322 g/mol. The summed E-state index contributed by atoms with van der Waals surface area (Å²) in [5.74, 6) is -0.313. The molecule has 21 heavy (non-hydrogen) atoms. The molecule has 1 heterocycles. The molecule has 0 unspecified atom stereocenters. The van der Waals surface area contributed by atoms with E-state index in [4.69, 9.17) is 4.74 Å². The molecule has 0 atom stereocenters. The molecule has 6 nitrogen and oxygen atoms in total. The van der Waals surface area contributed by atoms with Gasteiger partial charge in [-0.15, -0.1) is 12.4 Å². The van der Waals surface area contributed by atoms with Gasteiger partial charge < -0.3 is 19.7 Å². The van der Waals surface area contributed by atoms with Gasteiger partial charge in [-0.25, -0.2) is 4.79 Å². The molecule has 0 radical (unpaired) electrons. The first kappa shape index (κ1) is 20.0. The molecule has 0 aromatic carbocycles. The third-order valence-electron chi connectivity index (χ3n) is 3.16. The minimum Gasteiger partial charge on any atom is -0.469 e. The molecule has 1 saturated heterocycles. The quantitative estimate of drug-likeness (QED) is 0.801. The van der Waals surface area contributed by atoms with Gasteiger partial charge in [-0.05, 0) is 46.7 Å². The van der Waals surface area contributed by atoms with Crippen molar-refractivity contribution in [3.8, 4) is 0 Å². The van der Waals surface area contributed by atoms with Crippen LogP contribution < -0.4 is 5.32 Å². The van der Waals surface area contributed by atoms with E-state index in [1.165, 1.54) is 7.11 Å². The van der Waals surface area contributed by atoms with Crippen LogP contribution >= 0.6 is 12.4 Å². The van der Waals surface area contributed by atoms with Crippen LogP contribution in [0, 0.1) is 0 Å². The predicted molar refractivity (Wildman–Crippen MR) is 82.7 cm³/mol. The lowest BCUT2D eigenvalue weighted by atomic mass is 10.0. The zero-order valence-electron chi connectivity index (χ0n) is 13.3. The van der Waals surface area contributed by atoms with Crippen LogP contribution in [0.25, 0.3) is 0 Å². The number of carbonyl (C=O) groups is 2. The molecule has 0 bridgehead atoms. The van der Waals surface area contributed by atoms with E-state index in [-0.39, 0.29) is 36.9 Å². The summed E-state index contributed by atoms with van der Waals surface area (Å²) < 4.78 is 10.1. The minimum atomic E-state index is -0.534. The van der Waals surface area contributed by atoms with Crippen molar-refractivity contribution in [2.45, 2.75) is 51.7 Å². The van der Waals surface area contributed by atoms with Gasteiger partial charge in [0.25, 0.3) is 0 Å². The number of carbonyl (C=O) groups excluding carboxylic acids is 2. The highest BCUT2D eigenvalue weighted by Crippen LogP contribution is 2.17. The van der Waals surface area contributed by atoms with Gasteiger partial charge in [-0.1, -0.05) is 0 Å². The highest BCUT2D eigenvalue weighted by Gasteiger charge is 2.29. The third-order valence-corrected chi connectivity index (χ3v) is 3.16. The Labute approximate surface area is 132 Å². The molecular weight excluding hydrogens is 296 g/mol. The van der Waals surface area contributed by atoms with Crippen LogP contribution in [0.15, 0.2) is 0 Å². The standard InChI is InChI=1S/C14H26N2O4.ClH/c1-14(2,3)20-13(18)16(10-7-12(17)19-4)11-5-8-15-9-6-11;/h11,15H,5-10H2,1-4H3;1H. The fourth-order valence-corrected chi connectivity index (χ4v) is 2.18. The number of nitrogens with zero attached hydrogens (tertiary/aromatic N) is 1. The van der Waals surface area contributed by atoms with Gasteiger partial charge in [0.1, 0.15) is 5.60 Å². The van der Waals surface area contributed by atoms with E-state index < -0.39 is 5.60 Å². The molecule has 1 rings (SSSR count). The van der Waals surface area contributed by atoms with E-state index in [1.54, 1.807) is 4.90 Å². The van der Waals surface area contributed by atoms with Crippen LogP contribution in [-0.4, -0.2) is 55.3 Å². The first-order chi connectivity index (χ1) is 9.33. The van der Waals surface area contributed by atoms with Crippen LogP contribution in [-0.2, 0) is 14.3 Å². The van der Waals surface area contributed by atoms with Crippen LogP contribution in [0.2, 0.25) is 0 Å². The highest BCUT2D eigenvalue weighted by molar-refractivity contribution is 5.85. The van der Waals surface area contributed by atoms with Gasteiger partial charge in [0.15, 0.2) is 0 Å². The Bertz CT molecular complexity index is 338. The number of nitrogens with one attached hydrogen (secondary N) is 1. The van der Waals surface area contributed by atoms with E-state index in [9.17, 15) is 9.59 Å². The van der Waals surface area contributed by atoms with Gasteiger partial charge in [-0.2, -0.15) is 0 Å². The normalized spacial score (nSPS) is 15.8. The maximum absolute atomic E-state index is 12.3. The SMILES string of the molecule is COC(=O)CCN(C(=O)OC(C)(C)C)C1CCNCC1.Cl. The molecule has 0 aromatic rings. The van der Waals surface area contributed by atoms with E-state index in [2.05, 4.69) is 10.1 Å². The Hall–Kier alpha value is -1.01. The summed E-state index contributed by atoms with van der Waals surface area (Å²) in [6, 6.07) is 0.121. The Kier molecular flexibility index (Phi) is 8.66. The smallest absolute Gasteiger partial charge is 0.410 e. The number of hydrogen-bond acceptors (Lipinski definition) is 5. The minimum absolute atomic E-state index is 0. The molecule has 1 N–H and O–H groups in total. The zero-order valence-corrected chi connectivity index (χ0v) is 14.1. The molecule has 1 aliphatic heterocycles.